The first-order chi connectivity index (χ1) is 9.95. The number of non-ortho nitro benzene ring substituents is 1. The van der Waals surface area contributed by atoms with Crippen molar-refractivity contribution in [2.45, 2.75) is 6.92 Å². The molecule has 0 bridgehead atoms. The number of carbonyl (C=O) groups is 1. The van der Waals surface area contributed by atoms with Gasteiger partial charge in [0.15, 0.2) is 0 Å². The molecule has 1 amide bonds. The molecule has 1 aromatic carbocycles. The first kappa shape index (κ1) is 14.7. The zero-order valence-corrected chi connectivity index (χ0v) is 11.6. The van der Waals surface area contributed by atoms with Crippen LogP contribution in [-0.2, 0) is 0 Å². The van der Waals surface area contributed by atoms with Crippen LogP contribution in [0.25, 0.3) is 0 Å². The highest BCUT2D eigenvalue weighted by Gasteiger charge is 2.09. The van der Waals surface area contributed by atoms with E-state index in [1.807, 2.05) is 0 Å². The molecule has 0 fully saturated rings. The number of nitrogens with one attached hydrogen (secondary N) is 1. The van der Waals surface area contributed by atoms with E-state index in [9.17, 15) is 14.9 Å². The van der Waals surface area contributed by atoms with Crippen LogP contribution in [0.4, 0.5) is 16.3 Å². The second kappa shape index (κ2) is 6.19. The molecule has 0 saturated carbocycles. The summed E-state index contributed by atoms with van der Waals surface area (Å²) in [6.45, 7) is 1.79. The zero-order chi connectivity index (χ0) is 15.4. The molecule has 0 aliphatic rings. The normalized spacial score (nSPS) is 10.0. The van der Waals surface area contributed by atoms with Gasteiger partial charge in [0.25, 0.3) is 5.69 Å². The topological polar surface area (TPSA) is 94.4 Å². The number of carbonyl (C=O) groups excluding carboxylic acids is 1. The maximum absolute atomic E-state index is 11.6. The molecule has 0 unspecified atom stereocenters. The fourth-order valence-electron chi connectivity index (χ4n) is 1.45. The van der Waals surface area contributed by atoms with E-state index in [4.69, 9.17) is 16.3 Å². The van der Waals surface area contributed by atoms with Crippen molar-refractivity contribution in [3.8, 4) is 5.75 Å². The largest absolute Gasteiger partial charge is 0.418 e. The van der Waals surface area contributed by atoms with Gasteiger partial charge < -0.3 is 4.74 Å². The zero-order valence-electron chi connectivity index (χ0n) is 10.9. The third kappa shape index (κ3) is 3.90. The lowest BCUT2D eigenvalue weighted by atomic mass is 10.3. The van der Waals surface area contributed by atoms with Crippen LogP contribution in [0.3, 0.4) is 0 Å². The van der Waals surface area contributed by atoms with Gasteiger partial charge in [-0.1, -0.05) is 17.7 Å². The van der Waals surface area contributed by atoms with Crippen molar-refractivity contribution < 1.29 is 14.5 Å². The predicted octanol–water partition coefficient (Wildman–Crippen LogP) is 3.56. The standard InChI is InChI=1S/C13H10ClN3O4/c1-8-2-7-11(15-12(8)14)16-13(18)21-10-5-3-9(4-6-10)17(19)20/h2-7H,1H3,(H,15,16,18). The minimum Gasteiger partial charge on any atom is -0.410 e. The number of nitro groups is 1. The first-order valence-corrected chi connectivity index (χ1v) is 6.20. The highest BCUT2D eigenvalue weighted by atomic mass is 35.5. The number of halogens is 1. The van der Waals surface area contributed by atoms with E-state index in [2.05, 4.69) is 10.3 Å². The van der Waals surface area contributed by atoms with E-state index in [1.54, 1.807) is 19.1 Å². The van der Waals surface area contributed by atoms with E-state index in [1.165, 1.54) is 24.3 Å². The average molecular weight is 308 g/mol. The maximum Gasteiger partial charge on any atom is 0.418 e. The number of rotatable bonds is 3. The van der Waals surface area contributed by atoms with Gasteiger partial charge in [-0.15, -0.1) is 0 Å². The lowest BCUT2D eigenvalue weighted by Crippen LogP contribution is -2.17. The summed E-state index contributed by atoms with van der Waals surface area (Å²) in [5.74, 6) is 0.425. The molecule has 0 aliphatic heterocycles. The van der Waals surface area contributed by atoms with Crippen molar-refractivity contribution in [2.24, 2.45) is 0 Å². The summed E-state index contributed by atoms with van der Waals surface area (Å²) in [6, 6.07) is 8.42. The fraction of sp³-hybridized carbons (Fsp3) is 0.0769. The summed E-state index contributed by atoms with van der Waals surface area (Å²) in [6.07, 6.45) is -0.767. The maximum atomic E-state index is 11.6. The highest BCUT2D eigenvalue weighted by Crippen LogP contribution is 2.18. The number of hydrogen-bond donors (Lipinski definition) is 1. The number of pyridine rings is 1. The number of nitrogens with zero attached hydrogens (tertiary/aromatic N) is 2. The molecule has 7 nitrogen and oxygen atoms in total. The van der Waals surface area contributed by atoms with Gasteiger partial charge in [0.05, 0.1) is 4.92 Å². The molecule has 0 spiro atoms. The van der Waals surface area contributed by atoms with Crippen LogP contribution in [0.2, 0.25) is 5.15 Å². The molecule has 108 valence electrons. The number of amides is 1. The van der Waals surface area contributed by atoms with E-state index < -0.39 is 11.0 Å². The van der Waals surface area contributed by atoms with E-state index >= 15 is 0 Å². The number of aryl methyl sites for hydroxylation is 1. The van der Waals surface area contributed by atoms with Crippen LogP contribution in [0, 0.1) is 17.0 Å². The van der Waals surface area contributed by atoms with Gasteiger partial charge in [-0.2, -0.15) is 0 Å². The van der Waals surface area contributed by atoms with Crippen molar-refractivity contribution in [2.75, 3.05) is 5.32 Å². The molecule has 2 rings (SSSR count). The average Bonchev–Trinajstić information content (AvgIpc) is 2.43. The Morgan fingerprint density at radius 2 is 1.95 bits per heavy atom. The first-order valence-electron chi connectivity index (χ1n) is 5.82. The Bertz CT molecular complexity index is 688. The Kier molecular flexibility index (Phi) is 4.34. The van der Waals surface area contributed by atoms with Crippen LogP contribution >= 0.6 is 11.6 Å². The lowest BCUT2D eigenvalue weighted by Gasteiger charge is -2.06. The number of aromatic nitrogens is 1. The summed E-state index contributed by atoms with van der Waals surface area (Å²) >= 11 is 5.84. The van der Waals surface area contributed by atoms with Crippen LogP contribution in [0.15, 0.2) is 36.4 Å². The number of ether oxygens (including phenoxy) is 1. The van der Waals surface area contributed by atoms with Gasteiger partial charge in [0.2, 0.25) is 0 Å². The molecular formula is C13H10ClN3O4. The Balaban J connectivity index is 2.01. The lowest BCUT2D eigenvalue weighted by molar-refractivity contribution is -0.384. The third-order valence-electron chi connectivity index (χ3n) is 2.52. The molecule has 0 radical (unpaired) electrons. The number of anilines is 1. The van der Waals surface area contributed by atoms with Crippen LogP contribution in [0.1, 0.15) is 5.56 Å². The molecule has 2 aromatic rings. The number of benzene rings is 1. The summed E-state index contributed by atoms with van der Waals surface area (Å²) in [4.78, 5) is 25.6. The smallest absolute Gasteiger partial charge is 0.410 e. The Morgan fingerprint density at radius 1 is 1.29 bits per heavy atom. The van der Waals surface area contributed by atoms with Crippen LogP contribution in [0.5, 0.6) is 5.75 Å². The Labute approximate surface area is 124 Å². The van der Waals surface area contributed by atoms with Gasteiger partial charge >= 0.3 is 6.09 Å². The van der Waals surface area contributed by atoms with Crippen molar-refractivity contribution in [3.05, 3.63) is 57.2 Å². The van der Waals surface area contributed by atoms with Gasteiger partial charge in [-0.05, 0) is 30.7 Å². The summed E-state index contributed by atoms with van der Waals surface area (Å²) in [5.41, 5.74) is 0.695. The summed E-state index contributed by atoms with van der Waals surface area (Å²) in [7, 11) is 0. The highest BCUT2D eigenvalue weighted by molar-refractivity contribution is 6.30. The minimum atomic E-state index is -0.767. The second-order valence-electron chi connectivity index (χ2n) is 4.07. The molecule has 0 aliphatic carbocycles. The van der Waals surface area contributed by atoms with Crippen molar-refractivity contribution in [1.29, 1.82) is 0 Å². The van der Waals surface area contributed by atoms with Crippen LogP contribution < -0.4 is 10.1 Å². The molecule has 1 aromatic heterocycles. The summed E-state index contributed by atoms with van der Waals surface area (Å²) < 4.78 is 4.97. The molecular weight excluding hydrogens is 298 g/mol. The molecule has 0 saturated heterocycles. The number of nitro benzene ring substituents is 1. The SMILES string of the molecule is Cc1ccc(NC(=O)Oc2ccc([N+](=O)[O-])cc2)nc1Cl. The van der Waals surface area contributed by atoms with Crippen molar-refractivity contribution >= 4 is 29.2 Å². The van der Waals surface area contributed by atoms with Gasteiger partial charge in [-0.3, -0.25) is 15.4 Å². The molecule has 8 heteroatoms. The van der Waals surface area contributed by atoms with Gasteiger partial charge in [0.1, 0.15) is 16.7 Å². The van der Waals surface area contributed by atoms with Crippen molar-refractivity contribution in [1.82, 2.24) is 4.98 Å². The van der Waals surface area contributed by atoms with E-state index in [0.717, 1.165) is 5.56 Å². The molecule has 1 N–H and O–H groups in total. The Morgan fingerprint density at radius 3 is 2.52 bits per heavy atom. The van der Waals surface area contributed by atoms with Crippen LogP contribution in [-0.4, -0.2) is 16.0 Å². The molecule has 21 heavy (non-hydrogen) atoms. The fourth-order valence-corrected chi connectivity index (χ4v) is 1.60. The minimum absolute atomic E-state index is 0.0882. The summed E-state index contributed by atoms with van der Waals surface area (Å²) in [5, 5.41) is 13.2. The Hall–Kier alpha value is -2.67. The number of hydrogen-bond acceptors (Lipinski definition) is 5. The quantitative estimate of drug-likeness (QED) is 0.531. The van der Waals surface area contributed by atoms with E-state index in [-0.39, 0.29) is 22.4 Å². The van der Waals surface area contributed by atoms with Crippen molar-refractivity contribution in [3.63, 3.8) is 0 Å². The third-order valence-corrected chi connectivity index (χ3v) is 2.91. The molecule has 1 heterocycles. The predicted molar refractivity (Wildman–Crippen MR) is 76.7 cm³/mol. The monoisotopic (exact) mass is 307 g/mol. The van der Waals surface area contributed by atoms with Gasteiger partial charge in [-0.25, -0.2) is 9.78 Å². The van der Waals surface area contributed by atoms with Gasteiger partial charge in [0, 0.05) is 12.1 Å². The van der Waals surface area contributed by atoms with E-state index in [0.29, 0.717) is 0 Å². The molecule has 0 atom stereocenters. The second-order valence-corrected chi connectivity index (χ2v) is 4.43.